The lowest BCUT2D eigenvalue weighted by atomic mass is 10.0. The molecule has 0 aliphatic rings. The van der Waals surface area contributed by atoms with Crippen molar-refractivity contribution in [1.82, 2.24) is 0 Å². The molecule has 0 amide bonds. The maximum Gasteiger partial charge on any atom is 0.340 e. The zero-order chi connectivity index (χ0) is 15.1. The summed E-state index contributed by atoms with van der Waals surface area (Å²) in [7, 11) is 0. The molecule has 0 spiro atoms. The molecule has 3 aromatic rings. The van der Waals surface area contributed by atoms with Gasteiger partial charge in [0.1, 0.15) is 22.7 Å². The first-order valence-electron chi connectivity index (χ1n) is 5.92. The number of carboxylic acids is 1. The summed E-state index contributed by atoms with van der Waals surface area (Å²) < 4.78 is 32.3. The summed E-state index contributed by atoms with van der Waals surface area (Å²) in [6, 6.07) is 7.28. The molecule has 0 bridgehead atoms. The van der Waals surface area contributed by atoms with Crippen molar-refractivity contribution in [1.29, 1.82) is 0 Å². The van der Waals surface area contributed by atoms with E-state index in [-0.39, 0.29) is 16.7 Å². The molecule has 0 saturated heterocycles. The molecule has 0 atom stereocenters. The molecule has 6 heteroatoms. The Hall–Kier alpha value is -2.89. The van der Waals surface area contributed by atoms with Crippen LogP contribution >= 0.6 is 0 Å². The molecule has 4 nitrogen and oxygen atoms in total. The van der Waals surface area contributed by atoms with Gasteiger partial charge in [-0.2, -0.15) is 0 Å². The van der Waals surface area contributed by atoms with Crippen LogP contribution in [0.3, 0.4) is 0 Å². The number of hydrogen-bond acceptors (Lipinski definition) is 3. The second-order valence-electron chi connectivity index (χ2n) is 4.39. The highest BCUT2D eigenvalue weighted by Crippen LogP contribution is 2.37. The Kier molecular flexibility index (Phi) is 2.86. The Morgan fingerprint density at radius 1 is 1.05 bits per heavy atom. The van der Waals surface area contributed by atoms with E-state index in [0.717, 1.165) is 18.2 Å². The van der Waals surface area contributed by atoms with Crippen molar-refractivity contribution in [2.24, 2.45) is 0 Å². The van der Waals surface area contributed by atoms with Crippen molar-refractivity contribution in [3.63, 3.8) is 0 Å². The summed E-state index contributed by atoms with van der Waals surface area (Å²) in [4.78, 5) is 11.4. The van der Waals surface area contributed by atoms with Crippen molar-refractivity contribution in [2.45, 2.75) is 0 Å². The van der Waals surface area contributed by atoms with Crippen molar-refractivity contribution in [3.05, 3.63) is 53.6 Å². The van der Waals surface area contributed by atoms with E-state index in [1.54, 1.807) is 0 Å². The average Bonchev–Trinajstić information content (AvgIpc) is 2.84. The Labute approximate surface area is 116 Å². The minimum absolute atomic E-state index is 0.0120. The molecular weight excluding hydrogens is 282 g/mol. The van der Waals surface area contributed by atoms with Crippen LogP contribution in [0.2, 0.25) is 0 Å². The van der Waals surface area contributed by atoms with Crippen molar-refractivity contribution < 1.29 is 28.2 Å². The van der Waals surface area contributed by atoms with Crippen LogP contribution in [0.1, 0.15) is 10.4 Å². The first kappa shape index (κ1) is 13.1. The predicted octanol–water partition coefficient (Wildman–Crippen LogP) is 3.78. The lowest BCUT2D eigenvalue weighted by molar-refractivity contribution is 0.0699. The van der Waals surface area contributed by atoms with Gasteiger partial charge in [0.15, 0.2) is 11.6 Å². The van der Waals surface area contributed by atoms with E-state index in [1.165, 1.54) is 18.2 Å². The Balaban J connectivity index is 2.38. The minimum Gasteiger partial charge on any atom is -0.505 e. The van der Waals surface area contributed by atoms with E-state index < -0.39 is 28.9 Å². The fourth-order valence-electron chi connectivity index (χ4n) is 2.15. The topological polar surface area (TPSA) is 70.7 Å². The number of hydrogen-bond donors (Lipinski definition) is 2. The number of aromatic hydroxyl groups is 1. The number of phenolic OH excluding ortho intramolecular Hbond substituents is 1. The molecule has 0 aliphatic carbocycles. The number of rotatable bonds is 2. The van der Waals surface area contributed by atoms with Crippen LogP contribution in [0.5, 0.6) is 5.75 Å². The highest BCUT2D eigenvalue weighted by Gasteiger charge is 2.25. The molecule has 0 aliphatic heterocycles. The summed E-state index contributed by atoms with van der Waals surface area (Å²) in [5, 5.41) is 18.4. The van der Waals surface area contributed by atoms with Crippen LogP contribution in [0.15, 0.2) is 40.8 Å². The molecule has 106 valence electrons. The van der Waals surface area contributed by atoms with Gasteiger partial charge < -0.3 is 14.6 Å². The van der Waals surface area contributed by atoms with E-state index in [4.69, 9.17) is 4.42 Å². The third-order valence-electron chi connectivity index (χ3n) is 3.09. The Morgan fingerprint density at radius 3 is 2.33 bits per heavy atom. The monoisotopic (exact) mass is 290 g/mol. The lowest BCUT2D eigenvalue weighted by Crippen LogP contribution is -1.98. The van der Waals surface area contributed by atoms with E-state index in [1.807, 2.05) is 0 Å². The van der Waals surface area contributed by atoms with Gasteiger partial charge in [0.2, 0.25) is 0 Å². The van der Waals surface area contributed by atoms with Gasteiger partial charge in [-0.25, -0.2) is 13.6 Å². The summed E-state index contributed by atoms with van der Waals surface area (Å²) in [5.74, 6) is -3.73. The standard InChI is InChI=1S/C15H8F2O4/c16-8-3-1-7(2-4-8)14-12(15(19)20)11-10(21-14)6-5-9(18)13(11)17/h1-6,18H,(H,19,20). The maximum absolute atomic E-state index is 14.0. The molecule has 21 heavy (non-hydrogen) atoms. The molecule has 0 radical (unpaired) electrons. The fraction of sp³-hybridized carbons (Fsp3) is 0. The number of furan rings is 1. The molecule has 0 fully saturated rings. The maximum atomic E-state index is 14.0. The van der Waals surface area contributed by atoms with E-state index in [2.05, 4.69) is 0 Å². The van der Waals surface area contributed by atoms with E-state index >= 15 is 0 Å². The van der Waals surface area contributed by atoms with Crippen LogP contribution in [0.4, 0.5) is 8.78 Å². The second-order valence-corrected chi connectivity index (χ2v) is 4.39. The zero-order valence-corrected chi connectivity index (χ0v) is 10.4. The van der Waals surface area contributed by atoms with E-state index in [9.17, 15) is 23.8 Å². The molecule has 3 rings (SSSR count). The van der Waals surface area contributed by atoms with Gasteiger partial charge in [0.05, 0.1) is 5.39 Å². The average molecular weight is 290 g/mol. The van der Waals surface area contributed by atoms with Crippen LogP contribution in [0, 0.1) is 11.6 Å². The van der Waals surface area contributed by atoms with Crippen LogP contribution in [0.25, 0.3) is 22.3 Å². The Bertz CT molecular complexity index is 850. The summed E-state index contributed by atoms with van der Waals surface area (Å²) in [5.41, 5.74) is -0.129. The number of phenols is 1. The predicted molar refractivity (Wildman–Crippen MR) is 70.2 cm³/mol. The van der Waals surface area contributed by atoms with Crippen LogP contribution in [-0.4, -0.2) is 16.2 Å². The third-order valence-corrected chi connectivity index (χ3v) is 3.09. The highest BCUT2D eigenvalue weighted by atomic mass is 19.1. The van der Waals surface area contributed by atoms with Gasteiger partial charge in [-0.3, -0.25) is 0 Å². The van der Waals surface area contributed by atoms with Crippen molar-refractivity contribution in [2.75, 3.05) is 0 Å². The van der Waals surface area contributed by atoms with Crippen LogP contribution in [-0.2, 0) is 0 Å². The number of halogens is 2. The first-order valence-corrected chi connectivity index (χ1v) is 5.92. The number of benzene rings is 2. The summed E-state index contributed by atoms with van der Waals surface area (Å²) >= 11 is 0. The first-order chi connectivity index (χ1) is 9.99. The molecule has 1 heterocycles. The largest absolute Gasteiger partial charge is 0.505 e. The molecule has 0 unspecified atom stereocenters. The van der Waals surface area contributed by atoms with Crippen LogP contribution < -0.4 is 0 Å². The highest BCUT2D eigenvalue weighted by molar-refractivity contribution is 6.08. The summed E-state index contributed by atoms with van der Waals surface area (Å²) in [6.45, 7) is 0. The Morgan fingerprint density at radius 2 is 1.71 bits per heavy atom. The quantitative estimate of drug-likeness (QED) is 0.753. The number of fused-ring (bicyclic) bond motifs is 1. The molecule has 1 aromatic heterocycles. The van der Waals surface area contributed by atoms with Gasteiger partial charge in [-0.1, -0.05) is 0 Å². The summed E-state index contributed by atoms with van der Waals surface area (Å²) in [6.07, 6.45) is 0. The van der Waals surface area contributed by atoms with Gasteiger partial charge in [0, 0.05) is 5.56 Å². The zero-order valence-electron chi connectivity index (χ0n) is 10.4. The van der Waals surface area contributed by atoms with Gasteiger partial charge in [-0.05, 0) is 36.4 Å². The second kappa shape index (κ2) is 4.59. The minimum atomic E-state index is -1.41. The van der Waals surface area contributed by atoms with Gasteiger partial charge in [0.25, 0.3) is 0 Å². The SMILES string of the molecule is O=C(O)c1c(-c2ccc(F)cc2)oc2ccc(O)c(F)c12. The lowest BCUT2D eigenvalue weighted by Gasteiger charge is -1.99. The van der Waals surface area contributed by atoms with Gasteiger partial charge in [-0.15, -0.1) is 0 Å². The fourth-order valence-corrected chi connectivity index (χ4v) is 2.15. The normalized spacial score (nSPS) is 11.0. The van der Waals surface area contributed by atoms with Crippen molar-refractivity contribution >= 4 is 16.9 Å². The van der Waals surface area contributed by atoms with Crippen molar-refractivity contribution in [3.8, 4) is 17.1 Å². The van der Waals surface area contributed by atoms with Gasteiger partial charge >= 0.3 is 5.97 Å². The molecule has 2 aromatic carbocycles. The number of carboxylic acid groups (broad SMARTS) is 1. The molecule has 2 N–H and O–H groups in total. The third kappa shape index (κ3) is 2.01. The number of carbonyl (C=O) groups is 1. The van der Waals surface area contributed by atoms with E-state index in [0.29, 0.717) is 5.56 Å². The molecule has 0 saturated carbocycles. The molecular formula is C15H8F2O4. The number of aromatic carboxylic acids is 1. The smallest absolute Gasteiger partial charge is 0.340 e.